The number of amides is 1. The van der Waals surface area contributed by atoms with Gasteiger partial charge in [-0.15, -0.1) is 0 Å². The molecule has 0 spiro atoms. The summed E-state index contributed by atoms with van der Waals surface area (Å²) in [6.07, 6.45) is 15.2. The van der Waals surface area contributed by atoms with Crippen molar-refractivity contribution in [3.63, 3.8) is 0 Å². The van der Waals surface area contributed by atoms with Crippen LogP contribution in [0.4, 0.5) is 5.82 Å². The highest BCUT2D eigenvalue weighted by molar-refractivity contribution is 5.94. The molecule has 0 radical (unpaired) electrons. The van der Waals surface area contributed by atoms with Crippen LogP contribution in [0, 0.1) is 11.8 Å². The molecule has 2 aliphatic carbocycles. The summed E-state index contributed by atoms with van der Waals surface area (Å²) in [6, 6.07) is 5.26. The van der Waals surface area contributed by atoms with E-state index < -0.39 is 0 Å². The highest BCUT2D eigenvalue weighted by Gasteiger charge is 2.37. The number of nitrogens with one attached hydrogen (secondary N) is 1. The van der Waals surface area contributed by atoms with E-state index in [0.717, 1.165) is 12.0 Å². The fourth-order valence-corrected chi connectivity index (χ4v) is 4.55. The lowest BCUT2D eigenvalue weighted by Gasteiger charge is -2.32. The number of hydrogen-bond acceptors (Lipinski definition) is 4. The Labute approximate surface area is 160 Å². The van der Waals surface area contributed by atoms with Crippen molar-refractivity contribution in [1.29, 1.82) is 0 Å². The molecule has 4 rings (SSSR count). The van der Waals surface area contributed by atoms with E-state index in [9.17, 15) is 9.59 Å². The van der Waals surface area contributed by atoms with Crippen molar-refractivity contribution >= 4 is 17.5 Å². The first-order valence-corrected chi connectivity index (χ1v) is 10.1. The van der Waals surface area contributed by atoms with Crippen molar-refractivity contribution in [2.75, 3.05) is 11.9 Å². The molecule has 1 N–H and O–H groups in total. The quantitative estimate of drug-likeness (QED) is 0.864. The zero-order valence-corrected chi connectivity index (χ0v) is 15.6. The van der Waals surface area contributed by atoms with Gasteiger partial charge in [0.2, 0.25) is 5.91 Å². The smallest absolute Gasteiger partial charge is 0.248 e. The summed E-state index contributed by atoms with van der Waals surface area (Å²) in [5.74, 6) is 1.31. The van der Waals surface area contributed by atoms with Gasteiger partial charge < -0.3 is 10.2 Å². The van der Waals surface area contributed by atoms with Crippen LogP contribution in [-0.2, 0) is 9.59 Å². The van der Waals surface area contributed by atoms with Crippen molar-refractivity contribution in [3.05, 3.63) is 48.3 Å². The van der Waals surface area contributed by atoms with Gasteiger partial charge in [0.25, 0.3) is 0 Å². The van der Waals surface area contributed by atoms with Gasteiger partial charge in [-0.05, 0) is 30.0 Å². The number of anilines is 1. The second-order valence-corrected chi connectivity index (χ2v) is 7.91. The number of allylic oxidation sites excluding steroid dienone is 2. The summed E-state index contributed by atoms with van der Waals surface area (Å²) in [5.41, 5.74) is 1.05. The standard InChI is InChI=1S/C22H27N3O2/c26-20-10-6-9-17-14-25(15-18(17)20)19(13-16-7-2-1-3-8-16)22(27)24-21-11-4-5-12-23-21/h4-6,9,11-12,14,16,18-19H,1-3,7-8,10,13,15H2,(H,23,24,27)/t18?,19-/m0/s1. The van der Waals surface area contributed by atoms with Crippen LogP contribution in [0.3, 0.4) is 0 Å². The number of carbonyl (C=O) groups is 2. The van der Waals surface area contributed by atoms with Gasteiger partial charge in [0.15, 0.2) is 0 Å². The Balaban J connectivity index is 1.52. The predicted molar refractivity (Wildman–Crippen MR) is 105 cm³/mol. The topological polar surface area (TPSA) is 62.3 Å². The Kier molecular flexibility index (Phi) is 5.37. The van der Waals surface area contributed by atoms with Crippen LogP contribution in [0.15, 0.2) is 48.3 Å². The summed E-state index contributed by atoms with van der Waals surface area (Å²) in [4.78, 5) is 31.7. The summed E-state index contributed by atoms with van der Waals surface area (Å²) < 4.78 is 0. The van der Waals surface area contributed by atoms with Crippen molar-refractivity contribution in [3.8, 4) is 0 Å². The number of hydrogen-bond donors (Lipinski definition) is 1. The van der Waals surface area contributed by atoms with Crippen molar-refractivity contribution in [2.24, 2.45) is 11.8 Å². The SMILES string of the molecule is O=C1CC=CC2=CN([C@@H](CC3CCCCC3)C(=O)Nc3ccccn3)CC12. The van der Waals surface area contributed by atoms with E-state index in [0.29, 0.717) is 24.7 Å². The average molecular weight is 365 g/mol. The number of Topliss-reactive ketones (excluding diaryl/α,β-unsaturated/α-hetero) is 1. The zero-order valence-electron chi connectivity index (χ0n) is 15.6. The Hall–Kier alpha value is -2.43. The molecule has 1 amide bonds. The van der Waals surface area contributed by atoms with E-state index in [1.54, 1.807) is 6.20 Å². The maximum atomic E-state index is 13.1. The average Bonchev–Trinajstić information content (AvgIpc) is 3.13. The van der Waals surface area contributed by atoms with Crippen molar-refractivity contribution < 1.29 is 9.59 Å². The molecule has 1 fully saturated rings. The molecule has 3 aliphatic rings. The Morgan fingerprint density at radius 3 is 2.85 bits per heavy atom. The number of nitrogens with zero attached hydrogens (tertiary/aromatic N) is 2. The fourth-order valence-electron chi connectivity index (χ4n) is 4.55. The van der Waals surface area contributed by atoms with Crippen LogP contribution < -0.4 is 5.32 Å². The van der Waals surface area contributed by atoms with E-state index in [-0.39, 0.29) is 23.7 Å². The van der Waals surface area contributed by atoms with E-state index in [4.69, 9.17) is 0 Å². The number of fused-ring (bicyclic) bond motifs is 1. The third-order valence-corrected chi connectivity index (χ3v) is 6.03. The van der Waals surface area contributed by atoms with Crippen LogP contribution in [0.2, 0.25) is 0 Å². The van der Waals surface area contributed by atoms with Gasteiger partial charge in [-0.25, -0.2) is 4.98 Å². The molecule has 1 unspecified atom stereocenters. The molecule has 0 aromatic carbocycles. The molecular weight excluding hydrogens is 338 g/mol. The Morgan fingerprint density at radius 2 is 2.11 bits per heavy atom. The maximum absolute atomic E-state index is 13.1. The lowest BCUT2D eigenvalue weighted by molar-refractivity contribution is -0.123. The minimum absolute atomic E-state index is 0.0220. The first-order valence-electron chi connectivity index (χ1n) is 10.1. The second kappa shape index (κ2) is 8.07. The lowest BCUT2D eigenvalue weighted by atomic mass is 9.84. The molecule has 1 aliphatic heterocycles. The summed E-state index contributed by atoms with van der Waals surface area (Å²) in [5, 5.41) is 2.98. The molecule has 0 saturated heterocycles. The van der Waals surface area contributed by atoms with Gasteiger partial charge in [0, 0.05) is 25.4 Å². The first kappa shape index (κ1) is 18.0. The number of carbonyl (C=O) groups excluding carboxylic acids is 2. The van der Waals surface area contributed by atoms with E-state index >= 15 is 0 Å². The fraction of sp³-hybridized carbons (Fsp3) is 0.500. The molecule has 2 atom stereocenters. The van der Waals surface area contributed by atoms with Crippen molar-refractivity contribution in [1.82, 2.24) is 9.88 Å². The van der Waals surface area contributed by atoms with Gasteiger partial charge >= 0.3 is 0 Å². The number of aromatic nitrogens is 1. The Bertz CT molecular complexity index is 750. The molecule has 142 valence electrons. The molecule has 1 saturated carbocycles. The molecule has 0 bridgehead atoms. The van der Waals surface area contributed by atoms with Crippen LogP contribution in [0.5, 0.6) is 0 Å². The third kappa shape index (κ3) is 4.12. The van der Waals surface area contributed by atoms with Gasteiger partial charge in [-0.3, -0.25) is 9.59 Å². The maximum Gasteiger partial charge on any atom is 0.248 e. The molecule has 1 aromatic heterocycles. The van der Waals surface area contributed by atoms with E-state index in [2.05, 4.69) is 15.2 Å². The normalized spacial score (nSPS) is 23.7. The molecule has 5 nitrogen and oxygen atoms in total. The van der Waals surface area contributed by atoms with Crippen LogP contribution in [0.1, 0.15) is 44.9 Å². The molecule has 5 heteroatoms. The predicted octanol–water partition coefficient (Wildman–Crippen LogP) is 3.70. The molecule has 1 aromatic rings. The minimum atomic E-state index is -0.255. The highest BCUT2D eigenvalue weighted by atomic mass is 16.2. The van der Waals surface area contributed by atoms with Crippen LogP contribution >= 0.6 is 0 Å². The van der Waals surface area contributed by atoms with Gasteiger partial charge in [0.1, 0.15) is 17.6 Å². The lowest BCUT2D eigenvalue weighted by Crippen LogP contribution is -2.43. The molecular formula is C22H27N3O2. The summed E-state index contributed by atoms with van der Waals surface area (Å²) in [7, 11) is 0. The van der Waals surface area contributed by atoms with Crippen LogP contribution in [0.25, 0.3) is 0 Å². The van der Waals surface area contributed by atoms with Gasteiger partial charge in [-0.2, -0.15) is 0 Å². The van der Waals surface area contributed by atoms with Crippen LogP contribution in [-0.4, -0.2) is 34.2 Å². The third-order valence-electron chi connectivity index (χ3n) is 6.03. The summed E-state index contributed by atoms with van der Waals surface area (Å²) in [6.45, 7) is 0.617. The monoisotopic (exact) mass is 365 g/mol. The van der Waals surface area contributed by atoms with Gasteiger partial charge in [-0.1, -0.05) is 50.3 Å². The van der Waals surface area contributed by atoms with Crippen molar-refractivity contribution in [2.45, 2.75) is 51.0 Å². The number of rotatable bonds is 5. The Morgan fingerprint density at radius 1 is 1.26 bits per heavy atom. The minimum Gasteiger partial charge on any atom is -0.364 e. The second-order valence-electron chi connectivity index (χ2n) is 7.91. The zero-order chi connectivity index (χ0) is 18.6. The molecule has 2 heterocycles. The number of ketones is 1. The van der Waals surface area contributed by atoms with E-state index in [1.807, 2.05) is 36.6 Å². The number of pyridine rings is 1. The molecule has 27 heavy (non-hydrogen) atoms. The highest BCUT2D eigenvalue weighted by Crippen LogP contribution is 2.34. The largest absolute Gasteiger partial charge is 0.364 e. The van der Waals surface area contributed by atoms with Gasteiger partial charge in [0.05, 0.1) is 5.92 Å². The first-order chi connectivity index (χ1) is 13.2. The van der Waals surface area contributed by atoms with E-state index in [1.165, 1.54) is 32.1 Å². The summed E-state index contributed by atoms with van der Waals surface area (Å²) >= 11 is 0.